The first-order chi connectivity index (χ1) is 15.8. The van der Waals surface area contributed by atoms with Crippen LogP contribution in [0.15, 0.2) is 66.7 Å². The number of ether oxygens (including phenoxy) is 1. The van der Waals surface area contributed by atoms with E-state index in [1.807, 2.05) is 48.5 Å². The summed E-state index contributed by atoms with van der Waals surface area (Å²) >= 11 is 5.87. The van der Waals surface area contributed by atoms with Crippen LogP contribution in [-0.2, 0) is 9.53 Å². The van der Waals surface area contributed by atoms with Gasteiger partial charge in [0.1, 0.15) is 12.4 Å². The highest BCUT2D eigenvalue weighted by Crippen LogP contribution is 2.44. The van der Waals surface area contributed by atoms with Gasteiger partial charge in [0.2, 0.25) is 0 Å². The van der Waals surface area contributed by atoms with Gasteiger partial charge in [0, 0.05) is 12.0 Å². The molecule has 33 heavy (non-hydrogen) atoms. The number of carbonyl (C=O) groups excluding carboxylic acids is 1. The molecule has 0 radical (unpaired) electrons. The van der Waals surface area contributed by atoms with Crippen LogP contribution >= 0.6 is 11.6 Å². The van der Waals surface area contributed by atoms with Crippen molar-refractivity contribution in [2.75, 3.05) is 6.61 Å². The molecule has 0 saturated heterocycles. The van der Waals surface area contributed by atoms with E-state index >= 15 is 0 Å². The average Bonchev–Trinajstić information content (AvgIpc) is 3.11. The number of hydrogen-bond acceptors (Lipinski definition) is 3. The number of halogens is 2. The molecule has 3 aromatic carbocycles. The fraction of sp³-hybridized carbons (Fsp3) is 0.231. The molecule has 3 aromatic rings. The van der Waals surface area contributed by atoms with Gasteiger partial charge < -0.3 is 9.84 Å². The first-order valence-electron chi connectivity index (χ1n) is 10.6. The second kappa shape index (κ2) is 9.24. The molecular weight excluding hydrogens is 445 g/mol. The van der Waals surface area contributed by atoms with Gasteiger partial charge in [0.15, 0.2) is 6.04 Å². The lowest BCUT2D eigenvalue weighted by Crippen LogP contribution is -2.44. The number of carbonyl (C=O) groups is 2. The highest BCUT2D eigenvalue weighted by molar-refractivity contribution is 6.30. The van der Waals surface area contributed by atoms with Crippen molar-refractivity contribution in [1.82, 2.24) is 4.90 Å². The molecule has 1 aliphatic rings. The van der Waals surface area contributed by atoms with Gasteiger partial charge in [-0.05, 0) is 53.8 Å². The Morgan fingerprint density at radius 2 is 1.61 bits per heavy atom. The third kappa shape index (κ3) is 4.31. The topological polar surface area (TPSA) is 66.8 Å². The van der Waals surface area contributed by atoms with Crippen molar-refractivity contribution in [1.29, 1.82) is 0 Å². The SMILES string of the molecule is CC(C)N(C(=O)OCC1c2ccccc2-c2ccccc21)C(C(=O)O)c1ccc(F)c(Cl)c1. The van der Waals surface area contributed by atoms with Gasteiger partial charge in [-0.1, -0.05) is 66.2 Å². The summed E-state index contributed by atoms with van der Waals surface area (Å²) in [6, 6.07) is 17.7. The van der Waals surface area contributed by atoms with Crippen LogP contribution in [0.25, 0.3) is 11.1 Å². The van der Waals surface area contributed by atoms with Crippen molar-refractivity contribution in [3.8, 4) is 11.1 Å². The smallest absolute Gasteiger partial charge is 0.411 e. The Kier molecular flexibility index (Phi) is 6.38. The van der Waals surface area contributed by atoms with Crippen LogP contribution in [0.1, 0.15) is 42.5 Å². The Bertz CT molecular complexity index is 1170. The van der Waals surface area contributed by atoms with Crippen LogP contribution in [0.5, 0.6) is 0 Å². The molecule has 0 heterocycles. The number of aliphatic carboxylic acids is 1. The summed E-state index contributed by atoms with van der Waals surface area (Å²) in [5.41, 5.74) is 4.50. The zero-order valence-corrected chi connectivity index (χ0v) is 18.9. The Balaban J connectivity index is 1.60. The molecule has 0 fully saturated rings. The minimum atomic E-state index is -1.38. The number of rotatable bonds is 6. The van der Waals surface area contributed by atoms with E-state index in [1.165, 1.54) is 12.1 Å². The Labute approximate surface area is 196 Å². The number of amides is 1. The van der Waals surface area contributed by atoms with E-state index < -0.39 is 30.0 Å². The summed E-state index contributed by atoms with van der Waals surface area (Å²) in [5.74, 6) is -2.08. The molecule has 1 N–H and O–H groups in total. The molecule has 1 unspecified atom stereocenters. The van der Waals surface area contributed by atoms with Crippen LogP contribution in [0.4, 0.5) is 9.18 Å². The Morgan fingerprint density at radius 3 is 2.12 bits per heavy atom. The highest BCUT2D eigenvalue weighted by Gasteiger charge is 2.36. The first kappa shape index (κ1) is 22.8. The van der Waals surface area contributed by atoms with E-state index in [4.69, 9.17) is 16.3 Å². The maximum absolute atomic E-state index is 13.6. The fourth-order valence-corrected chi connectivity index (χ4v) is 4.58. The molecule has 170 valence electrons. The van der Waals surface area contributed by atoms with E-state index in [1.54, 1.807) is 13.8 Å². The summed E-state index contributed by atoms with van der Waals surface area (Å²) in [6.45, 7) is 3.46. The van der Waals surface area contributed by atoms with Gasteiger partial charge in [0.05, 0.1) is 5.02 Å². The fourth-order valence-electron chi connectivity index (χ4n) is 4.39. The monoisotopic (exact) mass is 467 g/mol. The highest BCUT2D eigenvalue weighted by atomic mass is 35.5. The number of benzene rings is 3. The van der Waals surface area contributed by atoms with E-state index in [0.717, 1.165) is 33.2 Å². The molecule has 0 saturated carbocycles. The molecule has 0 spiro atoms. The van der Waals surface area contributed by atoms with Gasteiger partial charge in [-0.2, -0.15) is 0 Å². The van der Waals surface area contributed by atoms with Crippen molar-refractivity contribution < 1.29 is 23.8 Å². The lowest BCUT2D eigenvalue weighted by molar-refractivity contribution is -0.143. The molecule has 1 aliphatic carbocycles. The summed E-state index contributed by atoms with van der Waals surface area (Å²) in [6.07, 6.45) is -0.764. The van der Waals surface area contributed by atoms with Crippen LogP contribution in [0.2, 0.25) is 5.02 Å². The number of hydrogen-bond donors (Lipinski definition) is 1. The largest absolute Gasteiger partial charge is 0.479 e. The maximum atomic E-state index is 13.6. The van der Waals surface area contributed by atoms with Gasteiger partial charge in [-0.25, -0.2) is 14.0 Å². The lowest BCUT2D eigenvalue weighted by Gasteiger charge is -2.32. The van der Waals surface area contributed by atoms with E-state index in [0.29, 0.717) is 0 Å². The van der Waals surface area contributed by atoms with E-state index in [-0.39, 0.29) is 23.1 Å². The van der Waals surface area contributed by atoms with E-state index in [9.17, 15) is 19.1 Å². The Hall–Kier alpha value is -3.38. The van der Waals surface area contributed by atoms with Crippen molar-refractivity contribution in [2.24, 2.45) is 0 Å². The minimum absolute atomic E-state index is 0.0621. The van der Waals surface area contributed by atoms with E-state index in [2.05, 4.69) is 0 Å². The van der Waals surface area contributed by atoms with Gasteiger partial charge in [0.25, 0.3) is 0 Å². The molecular formula is C26H23ClFNO4. The van der Waals surface area contributed by atoms with Gasteiger partial charge >= 0.3 is 12.1 Å². The van der Waals surface area contributed by atoms with Crippen molar-refractivity contribution in [3.05, 3.63) is 94.3 Å². The molecule has 0 bridgehead atoms. The van der Waals surface area contributed by atoms with Gasteiger partial charge in [-0.3, -0.25) is 4.90 Å². The molecule has 5 nitrogen and oxygen atoms in total. The summed E-state index contributed by atoms with van der Waals surface area (Å²) in [5, 5.41) is 9.70. The number of carboxylic acid groups (broad SMARTS) is 1. The maximum Gasteiger partial charge on any atom is 0.411 e. The number of nitrogens with zero attached hydrogens (tertiary/aromatic N) is 1. The Morgan fingerprint density at radius 1 is 1.03 bits per heavy atom. The molecule has 7 heteroatoms. The van der Waals surface area contributed by atoms with Crippen LogP contribution in [0, 0.1) is 5.82 Å². The third-order valence-electron chi connectivity index (χ3n) is 5.87. The molecule has 1 amide bonds. The van der Waals surface area contributed by atoms with Crippen molar-refractivity contribution in [3.63, 3.8) is 0 Å². The number of fused-ring (bicyclic) bond motifs is 3. The number of carboxylic acids is 1. The quantitative estimate of drug-likeness (QED) is 0.464. The second-order valence-corrected chi connectivity index (χ2v) is 8.63. The van der Waals surface area contributed by atoms with Crippen molar-refractivity contribution in [2.45, 2.75) is 31.8 Å². The summed E-state index contributed by atoms with van der Waals surface area (Å²) in [7, 11) is 0. The lowest BCUT2D eigenvalue weighted by atomic mass is 9.98. The average molecular weight is 468 g/mol. The normalized spacial score (nSPS) is 13.4. The van der Waals surface area contributed by atoms with Gasteiger partial charge in [-0.15, -0.1) is 0 Å². The molecule has 1 atom stereocenters. The van der Waals surface area contributed by atoms with Crippen LogP contribution < -0.4 is 0 Å². The molecule has 0 aliphatic heterocycles. The second-order valence-electron chi connectivity index (χ2n) is 8.22. The predicted octanol–water partition coefficient (Wildman–Crippen LogP) is 6.26. The summed E-state index contributed by atoms with van der Waals surface area (Å²) in [4.78, 5) is 26.5. The molecule has 0 aromatic heterocycles. The van der Waals surface area contributed by atoms with Crippen LogP contribution in [0.3, 0.4) is 0 Å². The minimum Gasteiger partial charge on any atom is -0.479 e. The van der Waals surface area contributed by atoms with Crippen LogP contribution in [-0.4, -0.2) is 34.7 Å². The molecule has 4 rings (SSSR count). The predicted molar refractivity (Wildman–Crippen MR) is 124 cm³/mol. The first-order valence-corrected chi connectivity index (χ1v) is 11.0. The summed E-state index contributed by atoms with van der Waals surface area (Å²) < 4.78 is 19.3. The standard InChI is InChI=1S/C26H23ClFNO4/c1-15(2)29(24(25(30)31)16-11-12-23(28)22(27)13-16)26(32)33-14-21-19-9-5-3-7-17(19)18-8-4-6-10-20(18)21/h3-13,15,21,24H,14H2,1-2H3,(H,30,31). The third-order valence-corrected chi connectivity index (χ3v) is 6.16. The zero-order chi connectivity index (χ0) is 23.7. The van der Waals surface area contributed by atoms with Crippen molar-refractivity contribution >= 4 is 23.7 Å². The zero-order valence-electron chi connectivity index (χ0n) is 18.2.